The Hall–Kier alpha value is -1.03. The monoisotopic (exact) mass is 242 g/mol. The van der Waals surface area contributed by atoms with Crippen LogP contribution in [0.15, 0.2) is 28.7 Å². The number of nitrogens with two attached hydrogens (primary N) is 1. The van der Waals surface area contributed by atoms with Crippen LogP contribution < -0.4 is 11.1 Å². The van der Waals surface area contributed by atoms with Crippen LogP contribution in [0.4, 0.5) is 5.69 Å². The van der Waals surface area contributed by atoms with Crippen molar-refractivity contribution >= 4 is 27.5 Å². The van der Waals surface area contributed by atoms with E-state index in [9.17, 15) is 4.79 Å². The molecule has 0 spiro atoms. The zero-order chi connectivity index (χ0) is 9.84. The van der Waals surface area contributed by atoms with E-state index in [2.05, 4.69) is 21.2 Å². The Morgan fingerprint density at radius 2 is 2.31 bits per heavy atom. The van der Waals surface area contributed by atoms with Crippen molar-refractivity contribution in [3.8, 4) is 0 Å². The van der Waals surface area contributed by atoms with Crippen LogP contribution in [-0.2, 0) is 4.79 Å². The number of carbonyl (C=O) groups is 1. The largest absolute Gasteiger partial charge is 0.374 e. The van der Waals surface area contributed by atoms with Gasteiger partial charge in [-0.2, -0.15) is 0 Å². The van der Waals surface area contributed by atoms with Crippen molar-refractivity contribution < 1.29 is 4.79 Å². The van der Waals surface area contributed by atoms with E-state index < -0.39 is 0 Å². The minimum absolute atomic E-state index is 0.353. The standard InChI is InChI=1S/C9H11BrN2O/c1-6(9(11)13)12-8-4-2-3-7(10)5-8/h2-6,12H,1H3,(H2,11,13). The minimum atomic E-state index is -0.361. The molecule has 0 aromatic heterocycles. The summed E-state index contributed by atoms with van der Waals surface area (Å²) in [6, 6.07) is 7.22. The molecule has 0 saturated carbocycles. The average molecular weight is 243 g/mol. The first kappa shape index (κ1) is 10.1. The fourth-order valence-corrected chi connectivity index (χ4v) is 1.30. The Bertz CT molecular complexity index is 314. The van der Waals surface area contributed by atoms with Crippen molar-refractivity contribution in [1.82, 2.24) is 0 Å². The predicted molar refractivity (Wildman–Crippen MR) is 56.4 cm³/mol. The van der Waals surface area contributed by atoms with Gasteiger partial charge in [-0.3, -0.25) is 4.79 Å². The number of nitrogens with one attached hydrogen (secondary N) is 1. The molecule has 0 radical (unpaired) electrons. The van der Waals surface area contributed by atoms with Gasteiger partial charge in [0.1, 0.15) is 6.04 Å². The zero-order valence-corrected chi connectivity index (χ0v) is 8.84. The first-order valence-electron chi connectivity index (χ1n) is 3.91. The predicted octanol–water partition coefficient (Wildman–Crippen LogP) is 1.73. The van der Waals surface area contributed by atoms with Gasteiger partial charge in [0.05, 0.1) is 0 Å². The van der Waals surface area contributed by atoms with Gasteiger partial charge in [-0.25, -0.2) is 0 Å². The Morgan fingerprint density at radius 3 is 2.85 bits per heavy atom. The summed E-state index contributed by atoms with van der Waals surface area (Å²) in [5, 5.41) is 2.98. The third-order valence-corrected chi connectivity index (χ3v) is 2.13. The normalized spacial score (nSPS) is 12.2. The molecule has 0 bridgehead atoms. The van der Waals surface area contributed by atoms with E-state index in [0.29, 0.717) is 0 Å². The van der Waals surface area contributed by atoms with Crippen LogP contribution in [0.5, 0.6) is 0 Å². The van der Waals surface area contributed by atoms with Gasteiger partial charge >= 0.3 is 0 Å². The van der Waals surface area contributed by atoms with Crippen LogP contribution >= 0.6 is 15.9 Å². The fraction of sp³-hybridized carbons (Fsp3) is 0.222. The van der Waals surface area contributed by atoms with Crippen LogP contribution in [0.3, 0.4) is 0 Å². The van der Waals surface area contributed by atoms with E-state index in [0.717, 1.165) is 10.2 Å². The van der Waals surface area contributed by atoms with Gasteiger partial charge in [0.2, 0.25) is 5.91 Å². The van der Waals surface area contributed by atoms with Gasteiger partial charge in [0.15, 0.2) is 0 Å². The second kappa shape index (κ2) is 4.28. The topological polar surface area (TPSA) is 55.1 Å². The molecule has 0 aliphatic rings. The highest BCUT2D eigenvalue weighted by molar-refractivity contribution is 9.10. The Kier molecular flexibility index (Phi) is 3.31. The molecule has 1 aromatic carbocycles. The molecule has 1 rings (SSSR count). The van der Waals surface area contributed by atoms with Gasteiger partial charge in [0, 0.05) is 10.2 Å². The molecule has 0 fully saturated rings. The second-order valence-electron chi connectivity index (χ2n) is 2.78. The summed E-state index contributed by atoms with van der Waals surface area (Å²) >= 11 is 3.33. The number of rotatable bonds is 3. The molecule has 1 unspecified atom stereocenters. The summed E-state index contributed by atoms with van der Waals surface area (Å²) in [5.41, 5.74) is 5.98. The zero-order valence-electron chi connectivity index (χ0n) is 7.25. The maximum atomic E-state index is 10.7. The average Bonchev–Trinajstić information content (AvgIpc) is 2.04. The lowest BCUT2D eigenvalue weighted by molar-refractivity contribution is -0.118. The van der Waals surface area contributed by atoms with Gasteiger partial charge in [-0.15, -0.1) is 0 Å². The Morgan fingerprint density at radius 1 is 1.62 bits per heavy atom. The molecule has 0 saturated heterocycles. The molecule has 1 amide bonds. The lowest BCUT2D eigenvalue weighted by Crippen LogP contribution is -2.32. The molecule has 0 aliphatic heterocycles. The van der Waals surface area contributed by atoms with Crippen LogP contribution in [0, 0.1) is 0 Å². The summed E-state index contributed by atoms with van der Waals surface area (Å²) in [5.74, 6) is -0.361. The van der Waals surface area contributed by atoms with Crippen molar-refractivity contribution in [3.63, 3.8) is 0 Å². The van der Waals surface area contributed by atoms with Crippen molar-refractivity contribution in [1.29, 1.82) is 0 Å². The molecular weight excluding hydrogens is 232 g/mol. The molecule has 13 heavy (non-hydrogen) atoms. The van der Waals surface area contributed by atoms with Gasteiger partial charge in [-0.1, -0.05) is 22.0 Å². The molecule has 0 heterocycles. The highest BCUT2D eigenvalue weighted by Crippen LogP contribution is 2.16. The number of benzene rings is 1. The van der Waals surface area contributed by atoms with Crippen LogP contribution in [-0.4, -0.2) is 11.9 Å². The van der Waals surface area contributed by atoms with Crippen molar-refractivity contribution in [3.05, 3.63) is 28.7 Å². The van der Waals surface area contributed by atoms with E-state index in [-0.39, 0.29) is 11.9 Å². The third-order valence-electron chi connectivity index (χ3n) is 1.63. The minimum Gasteiger partial charge on any atom is -0.374 e. The molecule has 3 nitrogen and oxygen atoms in total. The number of hydrogen-bond acceptors (Lipinski definition) is 2. The van der Waals surface area contributed by atoms with E-state index >= 15 is 0 Å². The van der Waals surface area contributed by atoms with Crippen molar-refractivity contribution in [2.24, 2.45) is 5.73 Å². The van der Waals surface area contributed by atoms with E-state index in [4.69, 9.17) is 5.73 Å². The molecule has 0 aliphatic carbocycles. The van der Waals surface area contributed by atoms with Crippen LogP contribution in [0.2, 0.25) is 0 Å². The first-order chi connectivity index (χ1) is 6.09. The van der Waals surface area contributed by atoms with E-state index in [1.54, 1.807) is 6.92 Å². The van der Waals surface area contributed by atoms with Crippen molar-refractivity contribution in [2.45, 2.75) is 13.0 Å². The van der Waals surface area contributed by atoms with Crippen LogP contribution in [0.25, 0.3) is 0 Å². The van der Waals surface area contributed by atoms with E-state index in [1.165, 1.54) is 0 Å². The molecule has 1 atom stereocenters. The molecular formula is C9H11BrN2O. The molecule has 4 heteroatoms. The number of halogens is 1. The maximum absolute atomic E-state index is 10.7. The summed E-state index contributed by atoms with van der Waals surface area (Å²) in [4.78, 5) is 10.7. The highest BCUT2D eigenvalue weighted by Gasteiger charge is 2.07. The summed E-state index contributed by atoms with van der Waals surface area (Å²) in [7, 11) is 0. The summed E-state index contributed by atoms with van der Waals surface area (Å²) < 4.78 is 0.967. The second-order valence-corrected chi connectivity index (χ2v) is 3.69. The lowest BCUT2D eigenvalue weighted by atomic mass is 10.2. The number of carbonyl (C=O) groups excluding carboxylic acids is 1. The summed E-state index contributed by atoms with van der Waals surface area (Å²) in [6.45, 7) is 1.73. The smallest absolute Gasteiger partial charge is 0.239 e. The third kappa shape index (κ3) is 3.06. The molecule has 1 aromatic rings. The Labute approximate surface area is 85.4 Å². The Balaban J connectivity index is 2.69. The maximum Gasteiger partial charge on any atom is 0.239 e. The quantitative estimate of drug-likeness (QED) is 0.849. The number of amides is 1. The van der Waals surface area contributed by atoms with Crippen molar-refractivity contribution in [2.75, 3.05) is 5.32 Å². The van der Waals surface area contributed by atoms with Crippen LogP contribution in [0.1, 0.15) is 6.92 Å². The van der Waals surface area contributed by atoms with Gasteiger partial charge < -0.3 is 11.1 Å². The van der Waals surface area contributed by atoms with Gasteiger partial charge in [-0.05, 0) is 25.1 Å². The lowest BCUT2D eigenvalue weighted by Gasteiger charge is -2.11. The van der Waals surface area contributed by atoms with E-state index in [1.807, 2.05) is 24.3 Å². The number of primary amides is 1. The first-order valence-corrected chi connectivity index (χ1v) is 4.70. The number of anilines is 1. The summed E-state index contributed by atoms with van der Waals surface area (Å²) in [6.07, 6.45) is 0. The highest BCUT2D eigenvalue weighted by atomic mass is 79.9. The molecule has 70 valence electrons. The number of hydrogen-bond donors (Lipinski definition) is 2. The SMILES string of the molecule is CC(Nc1cccc(Br)c1)C(N)=O. The van der Waals surface area contributed by atoms with Gasteiger partial charge in [0.25, 0.3) is 0 Å². The fourth-order valence-electron chi connectivity index (χ4n) is 0.899. The molecule has 3 N–H and O–H groups in total.